The molecule has 0 bridgehead atoms. The van der Waals surface area contributed by atoms with Crippen LogP contribution in [-0.2, 0) is 10.0 Å². The molecule has 2 N–H and O–H groups in total. The molecule has 37 heavy (non-hydrogen) atoms. The van der Waals surface area contributed by atoms with Crippen molar-refractivity contribution in [3.8, 4) is 28.7 Å². The Morgan fingerprint density at radius 2 is 1.65 bits per heavy atom. The van der Waals surface area contributed by atoms with Gasteiger partial charge in [-0.05, 0) is 38.1 Å². The molecule has 0 radical (unpaired) electrons. The van der Waals surface area contributed by atoms with Crippen molar-refractivity contribution in [2.75, 3.05) is 18.9 Å². The van der Waals surface area contributed by atoms with Crippen molar-refractivity contribution >= 4 is 16.0 Å². The fourth-order valence-corrected chi connectivity index (χ4v) is 4.56. The molecule has 0 saturated carbocycles. The predicted octanol–water partition coefficient (Wildman–Crippen LogP) is 2.45. The number of anilines is 1. The van der Waals surface area contributed by atoms with Gasteiger partial charge in [0.05, 0.1) is 26.6 Å². The predicted molar refractivity (Wildman–Crippen MR) is 131 cm³/mol. The minimum absolute atomic E-state index is 0.208. The van der Waals surface area contributed by atoms with Gasteiger partial charge in [-0.25, -0.2) is 27.8 Å². The van der Waals surface area contributed by atoms with Crippen molar-refractivity contribution in [1.29, 1.82) is 0 Å². The molecule has 2 atom stereocenters. The topological polar surface area (TPSA) is 154 Å². The number of ether oxygens (including phenoxy) is 2. The van der Waals surface area contributed by atoms with Crippen molar-refractivity contribution in [2.45, 2.75) is 25.2 Å². The quantitative estimate of drug-likeness (QED) is 0.330. The van der Waals surface area contributed by atoms with E-state index in [-0.39, 0.29) is 17.6 Å². The van der Waals surface area contributed by atoms with Gasteiger partial charge in [-0.3, -0.25) is 9.29 Å². The first-order chi connectivity index (χ1) is 17.7. The molecule has 0 saturated heterocycles. The molecule has 0 spiro atoms. The minimum atomic E-state index is -4.32. The number of hydrogen-bond acceptors (Lipinski definition) is 10. The summed E-state index contributed by atoms with van der Waals surface area (Å²) in [6.07, 6.45) is 0.0156. The average molecular weight is 530 g/mol. The van der Waals surface area contributed by atoms with Crippen LogP contribution in [0.1, 0.15) is 24.5 Å². The summed E-state index contributed by atoms with van der Waals surface area (Å²) in [6, 6.07) is 10.3. The number of benzene rings is 1. The van der Waals surface area contributed by atoms with Gasteiger partial charge in [-0.2, -0.15) is 0 Å². The maximum absolute atomic E-state index is 13.3. The standard InChI is InChI=1S/C23H24FN7O5S/c1-13-7-5-8-16(27-13)22-28-29-23(31(22)19-17(35-3)9-6-10-18(19)36-4)30-37(33,34)14(2)20(32)21-25-11-15(24)12-26-21/h5-12,14,20,32H,1-4H3,(H,29,30)/t14-,20+/m1/s1. The Bertz CT molecular complexity index is 1490. The van der Waals surface area contributed by atoms with E-state index in [1.165, 1.54) is 25.7 Å². The molecule has 12 nitrogen and oxygen atoms in total. The number of para-hydroxylation sites is 1. The second-order valence-electron chi connectivity index (χ2n) is 7.91. The maximum atomic E-state index is 13.3. The Morgan fingerprint density at radius 3 is 2.24 bits per heavy atom. The van der Waals surface area contributed by atoms with E-state index in [0.29, 0.717) is 28.6 Å². The molecule has 0 aliphatic carbocycles. The van der Waals surface area contributed by atoms with E-state index in [2.05, 4.69) is 29.9 Å². The van der Waals surface area contributed by atoms with Crippen LogP contribution in [0, 0.1) is 12.7 Å². The van der Waals surface area contributed by atoms with E-state index >= 15 is 0 Å². The molecule has 3 heterocycles. The van der Waals surface area contributed by atoms with Gasteiger partial charge in [0.1, 0.15) is 34.2 Å². The molecule has 0 unspecified atom stereocenters. The highest BCUT2D eigenvalue weighted by Gasteiger charge is 2.34. The lowest BCUT2D eigenvalue weighted by Crippen LogP contribution is -2.32. The largest absolute Gasteiger partial charge is 0.494 e. The van der Waals surface area contributed by atoms with Crippen LogP contribution in [0.3, 0.4) is 0 Å². The first-order valence-corrected chi connectivity index (χ1v) is 12.5. The lowest BCUT2D eigenvalue weighted by atomic mass is 10.2. The molecule has 0 aliphatic heterocycles. The second-order valence-corrected chi connectivity index (χ2v) is 9.95. The highest BCUT2D eigenvalue weighted by Crippen LogP contribution is 2.37. The molecular weight excluding hydrogens is 505 g/mol. The summed E-state index contributed by atoms with van der Waals surface area (Å²) in [7, 11) is -1.40. The van der Waals surface area contributed by atoms with Gasteiger partial charge in [0.25, 0.3) is 0 Å². The van der Waals surface area contributed by atoms with Crippen LogP contribution in [0.25, 0.3) is 17.2 Å². The summed E-state index contributed by atoms with van der Waals surface area (Å²) in [5.41, 5.74) is 1.44. The van der Waals surface area contributed by atoms with Crippen molar-refractivity contribution in [1.82, 2.24) is 29.7 Å². The Hall–Kier alpha value is -4.17. The summed E-state index contributed by atoms with van der Waals surface area (Å²) in [4.78, 5) is 11.9. The van der Waals surface area contributed by atoms with Gasteiger partial charge in [0, 0.05) is 5.69 Å². The number of sulfonamides is 1. The SMILES string of the molecule is COc1cccc(OC)c1-n1c(NS(=O)(=O)[C@H](C)[C@H](O)c2ncc(F)cn2)nnc1-c1cccc(C)n1. The van der Waals surface area contributed by atoms with Crippen molar-refractivity contribution in [3.05, 3.63) is 66.1 Å². The lowest BCUT2D eigenvalue weighted by molar-refractivity contribution is 0.166. The van der Waals surface area contributed by atoms with Crippen molar-refractivity contribution in [3.63, 3.8) is 0 Å². The van der Waals surface area contributed by atoms with Gasteiger partial charge < -0.3 is 14.6 Å². The van der Waals surface area contributed by atoms with Crippen LogP contribution in [0.5, 0.6) is 11.5 Å². The van der Waals surface area contributed by atoms with Crippen LogP contribution in [-0.4, -0.2) is 62.7 Å². The van der Waals surface area contributed by atoms with Crippen LogP contribution >= 0.6 is 0 Å². The van der Waals surface area contributed by atoms with E-state index in [9.17, 15) is 17.9 Å². The zero-order valence-electron chi connectivity index (χ0n) is 20.3. The molecule has 14 heteroatoms. The smallest absolute Gasteiger partial charge is 0.243 e. The number of methoxy groups -OCH3 is 2. The first kappa shape index (κ1) is 25.9. The van der Waals surface area contributed by atoms with Crippen LogP contribution in [0.15, 0.2) is 48.8 Å². The van der Waals surface area contributed by atoms with Gasteiger partial charge in [0.15, 0.2) is 17.5 Å². The van der Waals surface area contributed by atoms with Gasteiger partial charge in [-0.1, -0.05) is 12.1 Å². The molecule has 3 aromatic heterocycles. The number of hydrogen-bond donors (Lipinski definition) is 2. The molecule has 0 aliphatic rings. The number of rotatable bonds is 9. The number of nitrogens with zero attached hydrogens (tertiary/aromatic N) is 6. The molecular formula is C23H24FN7O5S. The zero-order chi connectivity index (χ0) is 26.7. The van der Waals surface area contributed by atoms with E-state index < -0.39 is 27.2 Å². The Balaban J connectivity index is 1.83. The van der Waals surface area contributed by atoms with Crippen molar-refractivity contribution in [2.24, 2.45) is 0 Å². The Labute approximate surface area is 212 Å². The van der Waals surface area contributed by atoms with Crippen LogP contribution in [0.2, 0.25) is 0 Å². The molecule has 0 amide bonds. The van der Waals surface area contributed by atoms with E-state index in [0.717, 1.165) is 12.4 Å². The van der Waals surface area contributed by atoms with Crippen LogP contribution in [0.4, 0.5) is 10.3 Å². The number of aryl methyl sites for hydroxylation is 1. The Morgan fingerprint density at radius 1 is 1.03 bits per heavy atom. The van der Waals surface area contributed by atoms with Gasteiger partial charge in [-0.15, -0.1) is 10.2 Å². The highest BCUT2D eigenvalue weighted by atomic mass is 32.2. The second kappa shape index (κ2) is 10.4. The van der Waals surface area contributed by atoms with Gasteiger partial charge in [0.2, 0.25) is 16.0 Å². The third-order valence-electron chi connectivity index (χ3n) is 5.48. The molecule has 194 valence electrons. The molecule has 0 fully saturated rings. The summed E-state index contributed by atoms with van der Waals surface area (Å²) in [5.74, 6) is -0.278. The number of aromatic nitrogens is 6. The number of nitrogens with one attached hydrogen (secondary N) is 1. The Kier molecular flexibility index (Phi) is 7.31. The summed E-state index contributed by atoms with van der Waals surface area (Å²) >= 11 is 0. The number of aliphatic hydroxyl groups excluding tert-OH is 1. The minimum Gasteiger partial charge on any atom is -0.494 e. The van der Waals surface area contributed by atoms with E-state index in [1.807, 2.05) is 0 Å². The number of aliphatic hydroxyl groups is 1. The number of pyridine rings is 1. The fourth-order valence-electron chi connectivity index (χ4n) is 3.52. The lowest BCUT2D eigenvalue weighted by Gasteiger charge is -2.20. The molecule has 4 aromatic rings. The fraction of sp³-hybridized carbons (Fsp3) is 0.261. The van der Waals surface area contributed by atoms with E-state index in [4.69, 9.17) is 9.47 Å². The summed E-state index contributed by atoms with van der Waals surface area (Å²) < 4.78 is 54.7. The maximum Gasteiger partial charge on any atom is 0.243 e. The monoisotopic (exact) mass is 529 g/mol. The normalized spacial score (nSPS) is 13.1. The summed E-state index contributed by atoms with van der Waals surface area (Å²) in [6.45, 7) is 3.06. The zero-order valence-corrected chi connectivity index (χ0v) is 21.1. The number of halogens is 1. The third kappa shape index (κ3) is 5.20. The van der Waals surface area contributed by atoms with Crippen LogP contribution < -0.4 is 14.2 Å². The molecule has 4 rings (SSSR count). The summed E-state index contributed by atoms with van der Waals surface area (Å²) in [5, 5.41) is 17.4. The van der Waals surface area contributed by atoms with E-state index in [1.54, 1.807) is 43.3 Å². The third-order valence-corrected chi connectivity index (χ3v) is 7.18. The molecule has 1 aromatic carbocycles. The first-order valence-electron chi connectivity index (χ1n) is 10.9. The average Bonchev–Trinajstić information content (AvgIpc) is 3.29. The van der Waals surface area contributed by atoms with Gasteiger partial charge >= 0.3 is 0 Å². The highest BCUT2D eigenvalue weighted by molar-refractivity contribution is 7.93. The van der Waals surface area contributed by atoms with Crippen molar-refractivity contribution < 1.29 is 27.4 Å².